The van der Waals surface area contributed by atoms with Crippen molar-refractivity contribution in [3.63, 3.8) is 0 Å². The van der Waals surface area contributed by atoms with Crippen LogP contribution in [0.5, 0.6) is 0 Å². The lowest BCUT2D eigenvalue weighted by molar-refractivity contribution is -0.142. The lowest BCUT2D eigenvalue weighted by Crippen LogP contribution is -2.64. The first-order valence-electron chi connectivity index (χ1n) is 20.8. The second-order valence-corrected chi connectivity index (χ2v) is 19.6. The van der Waals surface area contributed by atoms with E-state index in [1.165, 1.54) is 25.0 Å². The second kappa shape index (κ2) is 17.5. The van der Waals surface area contributed by atoms with Crippen molar-refractivity contribution < 1.29 is 40.7 Å². The Labute approximate surface area is 345 Å². The zero-order valence-corrected chi connectivity index (χ0v) is 35.0. The predicted molar refractivity (Wildman–Crippen MR) is 217 cm³/mol. The summed E-state index contributed by atoms with van der Waals surface area (Å²) in [6.45, 7) is 5.80. The SMILES string of the molecule is CC#CC(=O)N1CC(S(=O)(=O)c2ccc(N3CC(F)(CN4CCC([C@@](CNC(C)=O)(c5cccc(F)c5)[C@H]5CCC[C@@H]5CC(=O)OC)CC4)C3)cc2CN2CC(F)C2)C1. The Bertz CT molecular complexity index is 2070. The molecule has 0 spiro atoms. The molecule has 59 heavy (non-hydrogen) atoms. The molecule has 0 aromatic heterocycles. The Hall–Kier alpha value is -4.13. The molecule has 15 heteroatoms. The number of piperidine rings is 1. The van der Waals surface area contributed by atoms with E-state index in [9.17, 15) is 31.6 Å². The molecular formula is C44H56F3N5O6S. The third-order valence-corrected chi connectivity index (χ3v) is 15.8. The van der Waals surface area contributed by atoms with Crippen molar-refractivity contribution in [1.82, 2.24) is 20.0 Å². The number of benzene rings is 2. The average molecular weight is 840 g/mol. The van der Waals surface area contributed by atoms with E-state index >= 15 is 4.39 Å². The Morgan fingerprint density at radius 3 is 2.37 bits per heavy atom. The van der Waals surface area contributed by atoms with E-state index in [0.29, 0.717) is 43.7 Å². The van der Waals surface area contributed by atoms with Crippen LogP contribution in [0.4, 0.5) is 18.9 Å². The number of rotatable bonds is 14. The summed E-state index contributed by atoms with van der Waals surface area (Å²) in [6.07, 6.45) is 3.28. The number of carbonyl (C=O) groups excluding carboxylic acids is 3. The van der Waals surface area contributed by atoms with Crippen molar-refractivity contribution in [2.75, 3.05) is 77.5 Å². The summed E-state index contributed by atoms with van der Waals surface area (Å²) in [5.74, 6) is 3.80. The first-order valence-corrected chi connectivity index (χ1v) is 22.4. The van der Waals surface area contributed by atoms with Gasteiger partial charge in [-0.05, 0) is 111 Å². The molecule has 2 aromatic rings. The molecule has 3 atom stereocenters. The van der Waals surface area contributed by atoms with Gasteiger partial charge < -0.3 is 19.9 Å². The molecule has 4 saturated heterocycles. The molecule has 5 aliphatic rings. The van der Waals surface area contributed by atoms with Crippen LogP contribution in [0.3, 0.4) is 0 Å². The van der Waals surface area contributed by atoms with Crippen LogP contribution in [0.2, 0.25) is 0 Å². The lowest BCUT2D eigenvalue weighted by atomic mass is 9.57. The quantitative estimate of drug-likeness (QED) is 0.220. The Balaban J connectivity index is 1.04. The number of ether oxygens (including phenoxy) is 1. The van der Waals surface area contributed by atoms with Gasteiger partial charge in [0.25, 0.3) is 5.91 Å². The van der Waals surface area contributed by atoms with E-state index in [1.54, 1.807) is 37.3 Å². The van der Waals surface area contributed by atoms with Gasteiger partial charge in [0, 0.05) is 70.3 Å². The minimum absolute atomic E-state index is 0.00136. The Morgan fingerprint density at radius 2 is 1.73 bits per heavy atom. The van der Waals surface area contributed by atoms with E-state index in [1.807, 2.05) is 15.9 Å². The number of sulfone groups is 1. The number of hydrogen-bond donors (Lipinski definition) is 1. The molecule has 0 radical (unpaired) electrons. The number of esters is 1. The Kier molecular flexibility index (Phi) is 12.7. The monoisotopic (exact) mass is 839 g/mol. The largest absolute Gasteiger partial charge is 0.469 e. The number of nitrogens with zero attached hydrogens (tertiary/aromatic N) is 4. The number of methoxy groups -OCH3 is 1. The van der Waals surface area contributed by atoms with Gasteiger partial charge in [-0.3, -0.25) is 24.2 Å². The topological polar surface area (TPSA) is 120 Å². The van der Waals surface area contributed by atoms with Gasteiger partial charge in [0.2, 0.25) is 5.91 Å². The molecule has 0 unspecified atom stereocenters. The summed E-state index contributed by atoms with van der Waals surface area (Å²) in [4.78, 5) is 44.6. The maximum atomic E-state index is 16.5. The number of amides is 2. The minimum Gasteiger partial charge on any atom is -0.469 e. The minimum atomic E-state index is -3.81. The van der Waals surface area contributed by atoms with E-state index < -0.39 is 38.2 Å². The summed E-state index contributed by atoms with van der Waals surface area (Å²) in [5, 5.41) is 2.31. The highest BCUT2D eigenvalue weighted by Crippen LogP contribution is 2.53. The van der Waals surface area contributed by atoms with Crippen LogP contribution < -0.4 is 10.2 Å². The molecule has 5 fully saturated rings. The molecule has 11 nitrogen and oxygen atoms in total. The molecular weight excluding hydrogens is 784 g/mol. The standard InChI is InChI=1S/C44H56F3N5O6S/c1-4-7-41(54)51-24-38(25-51)59(56,57)40-13-12-37(18-32(40)21-50-22-36(46)23-50)52-28-43(47,29-52)27-49-16-14-33(15-17-49)44(26-48-30(2)53,34-9-6-10-35(45)20-34)39-11-5-8-31(39)19-42(55)58-3/h6,9-10,12-13,18,20,31,33,36,38-39H,5,8,11,14-17,19,21-29H2,1-3H3,(H,48,53)/t31-,39+,44+/m1/s1. The van der Waals surface area contributed by atoms with Gasteiger partial charge in [-0.15, -0.1) is 0 Å². The van der Waals surface area contributed by atoms with Crippen LogP contribution >= 0.6 is 0 Å². The number of anilines is 1. The van der Waals surface area contributed by atoms with Gasteiger partial charge in [0.15, 0.2) is 15.5 Å². The smallest absolute Gasteiger partial charge is 0.305 e. The molecule has 2 amide bonds. The summed E-state index contributed by atoms with van der Waals surface area (Å²) >= 11 is 0. The first-order chi connectivity index (χ1) is 28.1. The van der Waals surface area contributed by atoms with E-state index in [2.05, 4.69) is 22.1 Å². The Morgan fingerprint density at radius 1 is 1.00 bits per heavy atom. The van der Waals surface area contributed by atoms with E-state index in [-0.39, 0.29) is 99.1 Å². The van der Waals surface area contributed by atoms with E-state index in [0.717, 1.165) is 24.8 Å². The molecule has 1 aliphatic carbocycles. The van der Waals surface area contributed by atoms with Crippen molar-refractivity contribution in [3.8, 4) is 11.8 Å². The van der Waals surface area contributed by atoms with Gasteiger partial charge in [-0.1, -0.05) is 24.5 Å². The first kappa shape index (κ1) is 43.0. The van der Waals surface area contributed by atoms with Gasteiger partial charge in [-0.25, -0.2) is 21.6 Å². The number of likely N-dealkylation sites (tertiary alicyclic amines) is 3. The summed E-state index contributed by atoms with van der Waals surface area (Å²) in [6, 6.07) is 11.7. The van der Waals surface area contributed by atoms with Crippen molar-refractivity contribution in [3.05, 3.63) is 59.4 Å². The van der Waals surface area contributed by atoms with Crippen molar-refractivity contribution in [2.45, 2.75) is 86.3 Å². The lowest BCUT2D eigenvalue weighted by Gasteiger charge is -2.52. The number of halogens is 3. The number of carbonyl (C=O) groups is 3. The molecule has 4 heterocycles. The molecule has 2 aromatic carbocycles. The van der Waals surface area contributed by atoms with Crippen LogP contribution in [0.15, 0.2) is 47.4 Å². The number of nitrogens with one attached hydrogen (secondary N) is 1. The normalized spacial score (nSPS) is 23.9. The molecule has 0 bridgehead atoms. The van der Waals surface area contributed by atoms with Gasteiger partial charge in [-0.2, -0.15) is 0 Å². The highest BCUT2D eigenvalue weighted by molar-refractivity contribution is 7.92. The highest BCUT2D eigenvalue weighted by Gasteiger charge is 2.53. The maximum absolute atomic E-state index is 16.5. The van der Waals surface area contributed by atoms with Gasteiger partial charge in [0.1, 0.15) is 17.2 Å². The third kappa shape index (κ3) is 9.00. The fourth-order valence-electron chi connectivity index (χ4n) is 10.6. The van der Waals surface area contributed by atoms with Crippen LogP contribution in [0.1, 0.15) is 63.5 Å². The van der Waals surface area contributed by atoms with Gasteiger partial charge in [0.05, 0.1) is 25.1 Å². The van der Waals surface area contributed by atoms with Crippen LogP contribution in [0, 0.1) is 35.4 Å². The fraction of sp³-hybridized carbons (Fsp3) is 0.614. The maximum Gasteiger partial charge on any atom is 0.305 e. The third-order valence-electron chi connectivity index (χ3n) is 13.6. The van der Waals surface area contributed by atoms with Crippen molar-refractivity contribution in [2.24, 2.45) is 17.8 Å². The molecule has 320 valence electrons. The summed E-state index contributed by atoms with van der Waals surface area (Å²) < 4.78 is 78.0. The summed E-state index contributed by atoms with van der Waals surface area (Å²) in [5.41, 5.74) is -0.113. The van der Waals surface area contributed by atoms with E-state index in [4.69, 9.17) is 4.74 Å². The molecule has 1 N–H and O–H groups in total. The fourth-order valence-corrected chi connectivity index (χ4v) is 12.4. The van der Waals surface area contributed by atoms with Crippen LogP contribution in [-0.2, 0) is 40.9 Å². The van der Waals surface area contributed by atoms with Crippen molar-refractivity contribution >= 4 is 33.3 Å². The van der Waals surface area contributed by atoms with Crippen LogP contribution in [0.25, 0.3) is 0 Å². The highest BCUT2D eigenvalue weighted by atomic mass is 32.2. The zero-order valence-electron chi connectivity index (χ0n) is 34.2. The predicted octanol–water partition coefficient (Wildman–Crippen LogP) is 4.28. The average Bonchev–Trinajstić information content (AvgIpc) is 3.61. The van der Waals surface area contributed by atoms with Gasteiger partial charge >= 0.3 is 5.97 Å². The van der Waals surface area contributed by atoms with Crippen LogP contribution in [-0.4, -0.2) is 131 Å². The summed E-state index contributed by atoms with van der Waals surface area (Å²) in [7, 11) is -2.43. The number of alkyl halides is 2. The molecule has 7 rings (SSSR count). The molecule has 1 saturated carbocycles. The zero-order chi connectivity index (χ0) is 42.1. The second-order valence-electron chi connectivity index (χ2n) is 17.4. The molecule has 4 aliphatic heterocycles. The number of hydrogen-bond acceptors (Lipinski definition) is 9. The van der Waals surface area contributed by atoms with Crippen molar-refractivity contribution in [1.29, 1.82) is 0 Å².